The molecule has 1 aromatic heterocycles. The quantitative estimate of drug-likeness (QED) is 0.690. The fourth-order valence-electron chi connectivity index (χ4n) is 3.56. The molecular weight excluding hydrogens is 374 g/mol. The molecule has 0 saturated carbocycles. The molecule has 0 bridgehead atoms. The lowest BCUT2D eigenvalue weighted by Gasteiger charge is -2.18. The average molecular weight is 398 g/mol. The minimum Gasteiger partial charge on any atom is -0.492 e. The van der Waals surface area contributed by atoms with E-state index in [4.69, 9.17) is 20.5 Å². The summed E-state index contributed by atoms with van der Waals surface area (Å²) >= 11 is 1.47. The van der Waals surface area contributed by atoms with Gasteiger partial charge in [0.1, 0.15) is 5.75 Å². The van der Waals surface area contributed by atoms with Crippen LogP contribution in [0.2, 0.25) is 0 Å². The summed E-state index contributed by atoms with van der Waals surface area (Å²) in [5, 5.41) is 18.8. The molecule has 28 heavy (non-hydrogen) atoms. The van der Waals surface area contributed by atoms with E-state index in [0.717, 1.165) is 47.8 Å². The summed E-state index contributed by atoms with van der Waals surface area (Å²) in [7, 11) is 0. The van der Waals surface area contributed by atoms with Gasteiger partial charge in [-0.3, -0.25) is 4.79 Å². The lowest BCUT2D eigenvalue weighted by Crippen LogP contribution is -2.34. The number of fused-ring (bicyclic) bond motifs is 3. The van der Waals surface area contributed by atoms with Gasteiger partial charge in [0.15, 0.2) is 5.01 Å². The molecule has 4 rings (SSSR count). The SMILES string of the molecule is N=CC(C=N)c1ccc2c(c1)OCCc1sc(C(=O)N3CCCNCC3)nc1-2. The van der Waals surface area contributed by atoms with Crippen LogP contribution >= 0.6 is 11.3 Å². The second kappa shape index (κ2) is 8.20. The molecule has 0 radical (unpaired) electrons. The number of nitrogens with one attached hydrogen (secondary N) is 3. The molecule has 1 fully saturated rings. The maximum absolute atomic E-state index is 13.0. The predicted octanol–water partition coefficient (Wildman–Crippen LogP) is 2.56. The summed E-state index contributed by atoms with van der Waals surface area (Å²) in [5.74, 6) is 0.350. The fourth-order valence-corrected chi connectivity index (χ4v) is 4.59. The molecule has 2 aliphatic rings. The maximum Gasteiger partial charge on any atom is 0.282 e. The van der Waals surface area contributed by atoms with E-state index < -0.39 is 0 Å². The Morgan fingerprint density at radius 1 is 1.29 bits per heavy atom. The monoisotopic (exact) mass is 397 g/mol. The van der Waals surface area contributed by atoms with Crippen molar-refractivity contribution >= 4 is 29.7 Å². The van der Waals surface area contributed by atoms with Crippen molar-refractivity contribution in [1.29, 1.82) is 10.8 Å². The Kier molecular flexibility index (Phi) is 5.50. The van der Waals surface area contributed by atoms with Crippen LogP contribution in [0.1, 0.15) is 32.6 Å². The van der Waals surface area contributed by atoms with E-state index in [9.17, 15) is 4.79 Å². The Bertz CT molecular complexity index is 894. The second-order valence-electron chi connectivity index (χ2n) is 6.90. The highest BCUT2D eigenvalue weighted by Gasteiger charge is 2.26. The lowest BCUT2D eigenvalue weighted by molar-refractivity contribution is 0.0766. The Balaban J connectivity index is 1.67. The van der Waals surface area contributed by atoms with Crippen LogP contribution in [-0.2, 0) is 6.42 Å². The minimum atomic E-state index is -0.360. The van der Waals surface area contributed by atoms with Crippen molar-refractivity contribution in [2.45, 2.75) is 18.8 Å². The third kappa shape index (κ3) is 3.57. The summed E-state index contributed by atoms with van der Waals surface area (Å²) in [5.41, 5.74) is 2.54. The number of ether oxygens (including phenoxy) is 1. The van der Waals surface area contributed by atoms with Gasteiger partial charge in [-0.15, -0.1) is 11.3 Å². The zero-order chi connectivity index (χ0) is 19.5. The number of rotatable bonds is 4. The zero-order valence-electron chi connectivity index (χ0n) is 15.5. The molecule has 0 atom stereocenters. The van der Waals surface area contributed by atoms with Crippen LogP contribution in [0, 0.1) is 10.8 Å². The van der Waals surface area contributed by atoms with E-state index in [1.54, 1.807) is 0 Å². The molecule has 2 aromatic rings. The van der Waals surface area contributed by atoms with E-state index >= 15 is 0 Å². The van der Waals surface area contributed by atoms with Crippen LogP contribution in [0.4, 0.5) is 0 Å². The Hall–Kier alpha value is -2.58. The van der Waals surface area contributed by atoms with Crippen molar-refractivity contribution in [3.05, 3.63) is 33.6 Å². The Morgan fingerprint density at radius 3 is 2.96 bits per heavy atom. The molecule has 3 N–H and O–H groups in total. The number of carbonyl (C=O) groups is 1. The molecule has 0 aliphatic carbocycles. The molecule has 8 heteroatoms. The van der Waals surface area contributed by atoms with Crippen molar-refractivity contribution < 1.29 is 9.53 Å². The highest BCUT2D eigenvalue weighted by atomic mass is 32.1. The van der Waals surface area contributed by atoms with Gasteiger partial charge in [0, 0.05) is 48.9 Å². The summed E-state index contributed by atoms with van der Waals surface area (Å²) in [6.07, 6.45) is 4.15. The van der Waals surface area contributed by atoms with Crippen LogP contribution in [-0.4, -0.2) is 61.0 Å². The Morgan fingerprint density at radius 2 is 2.14 bits per heavy atom. The molecule has 7 nitrogen and oxygen atoms in total. The van der Waals surface area contributed by atoms with E-state index in [1.165, 1.54) is 23.8 Å². The van der Waals surface area contributed by atoms with Gasteiger partial charge in [-0.2, -0.15) is 0 Å². The van der Waals surface area contributed by atoms with E-state index in [0.29, 0.717) is 30.3 Å². The molecule has 146 valence electrons. The standard InChI is InChI=1S/C20H23N5O2S/c21-11-14(12-22)13-2-3-15-16(10-13)27-9-4-17-18(15)24-19(28-17)20(26)25-7-1-5-23-6-8-25/h2-3,10-12,14,21-23H,1,4-9H2. The first-order valence-corrected chi connectivity index (χ1v) is 10.3. The predicted molar refractivity (Wildman–Crippen MR) is 110 cm³/mol. The van der Waals surface area contributed by atoms with Crippen LogP contribution in [0.25, 0.3) is 11.3 Å². The number of carbonyl (C=O) groups excluding carboxylic acids is 1. The van der Waals surface area contributed by atoms with Gasteiger partial charge in [0.05, 0.1) is 18.2 Å². The zero-order valence-corrected chi connectivity index (χ0v) is 16.3. The maximum atomic E-state index is 13.0. The van der Waals surface area contributed by atoms with Gasteiger partial charge in [0.2, 0.25) is 0 Å². The minimum absolute atomic E-state index is 0.00791. The topological polar surface area (TPSA) is 102 Å². The van der Waals surface area contributed by atoms with Crippen LogP contribution in [0.5, 0.6) is 5.75 Å². The fraction of sp³-hybridized carbons (Fsp3) is 0.400. The molecule has 3 heterocycles. The van der Waals surface area contributed by atoms with Crippen molar-refractivity contribution in [2.75, 3.05) is 32.8 Å². The van der Waals surface area contributed by atoms with Crippen molar-refractivity contribution in [3.63, 3.8) is 0 Å². The molecule has 1 saturated heterocycles. The smallest absolute Gasteiger partial charge is 0.282 e. The average Bonchev–Trinajstić information content (AvgIpc) is 2.87. The van der Waals surface area contributed by atoms with Gasteiger partial charge in [-0.05, 0) is 30.7 Å². The normalized spacial score (nSPS) is 17.4. The van der Waals surface area contributed by atoms with Gasteiger partial charge in [0.25, 0.3) is 5.91 Å². The summed E-state index contributed by atoms with van der Waals surface area (Å²) in [6.45, 7) is 3.75. The lowest BCUT2D eigenvalue weighted by atomic mass is 9.98. The molecule has 2 aliphatic heterocycles. The number of aromatic nitrogens is 1. The summed E-state index contributed by atoms with van der Waals surface area (Å²) in [4.78, 5) is 20.6. The van der Waals surface area contributed by atoms with E-state index in [1.807, 2.05) is 23.1 Å². The summed E-state index contributed by atoms with van der Waals surface area (Å²) in [6, 6.07) is 5.71. The first-order valence-electron chi connectivity index (χ1n) is 9.49. The largest absolute Gasteiger partial charge is 0.492 e. The third-order valence-electron chi connectivity index (χ3n) is 5.10. The van der Waals surface area contributed by atoms with Gasteiger partial charge in [-0.25, -0.2) is 4.98 Å². The summed E-state index contributed by atoms with van der Waals surface area (Å²) < 4.78 is 5.92. The highest BCUT2D eigenvalue weighted by Crippen LogP contribution is 2.39. The number of thiazole rings is 1. The van der Waals surface area contributed by atoms with Gasteiger partial charge < -0.3 is 25.8 Å². The van der Waals surface area contributed by atoms with Crippen LogP contribution in [0.15, 0.2) is 18.2 Å². The molecule has 1 amide bonds. The Labute approximate surface area is 167 Å². The number of amides is 1. The van der Waals surface area contributed by atoms with E-state index in [2.05, 4.69) is 5.32 Å². The van der Waals surface area contributed by atoms with Crippen LogP contribution in [0.3, 0.4) is 0 Å². The molecule has 0 unspecified atom stereocenters. The number of hydrogen-bond acceptors (Lipinski definition) is 7. The van der Waals surface area contributed by atoms with Crippen molar-refractivity contribution in [3.8, 4) is 17.0 Å². The molecule has 1 aromatic carbocycles. The second-order valence-corrected chi connectivity index (χ2v) is 7.98. The third-order valence-corrected chi connectivity index (χ3v) is 6.20. The first-order chi connectivity index (χ1) is 13.7. The van der Waals surface area contributed by atoms with Gasteiger partial charge >= 0.3 is 0 Å². The van der Waals surface area contributed by atoms with E-state index in [-0.39, 0.29) is 11.8 Å². The molecular formula is C20H23N5O2S. The van der Waals surface area contributed by atoms with Crippen molar-refractivity contribution in [1.82, 2.24) is 15.2 Å². The highest BCUT2D eigenvalue weighted by molar-refractivity contribution is 7.14. The molecule has 0 spiro atoms. The number of benzene rings is 1. The van der Waals surface area contributed by atoms with Crippen LogP contribution < -0.4 is 10.1 Å². The van der Waals surface area contributed by atoms with Crippen molar-refractivity contribution in [2.24, 2.45) is 0 Å². The number of hydrogen-bond donors (Lipinski definition) is 3. The number of nitrogens with zero attached hydrogens (tertiary/aromatic N) is 2. The first kappa shape index (κ1) is 18.8. The van der Waals surface area contributed by atoms with Gasteiger partial charge in [-0.1, -0.05) is 6.07 Å².